The van der Waals surface area contributed by atoms with E-state index in [9.17, 15) is 18.2 Å². The van der Waals surface area contributed by atoms with E-state index in [1.807, 2.05) is 64.1 Å². The van der Waals surface area contributed by atoms with Gasteiger partial charge in [0.25, 0.3) is 6.47 Å². The van der Waals surface area contributed by atoms with Gasteiger partial charge in [0.05, 0.1) is 0 Å². The summed E-state index contributed by atoms with van der Waals surface area (Å²) in [5, 5.41) is 12.6. The third-order valence-corrected chi connectivity index (χ3v) is 5.20. The lowest BCUT2D eigenvalue weighted by atomic mass is 10.1. The number of H-pyrrole nitrogens is 1. The summed E-state index contributed by atoms with van der Waals surface area (Å²) >= 11 is 0. The molecule has 12 heteroatoms. The van der Waals surface area contributed by atoms with Gasteiger partial charge >= 0.3 is 13.9 Å². The zero-order valence-corrected chi connectivity index (χ0v) is 23.4. The van der Waals surface area contributed by atoms with Crippen LogP contribution in [0.1, 0.15) is 56.1 Å². The van der Waals surface area contributed by atoms with Crippen molar-refractivity contribution in [2.24, 2.45) is 0 Å². The molecule has 0 bridgehead atoms. The molecule has 0 aliphatic carbocycles. The van der Waals surface area contributed by atoms with Gasteiger partial charge in [-0.25, -0.2) is 9.79 Å². The zero-order valence-electron chi connectivity index (χ0n) is 23.4. The van der Waals surface area contributed by atoms with Gasteiger partial charge in [0.1, 0.15) is 5.60 Å². The quantitative estimate of drug-likeness (QED) is 0.249. The number of benzene rings is 1. The summed E-state index contributed by atoms with van der Waals surface area (Å²) < 4.78 is 24.2. The van der Waals surface area contributed by atoms with Crippen molar-refractivity contribution in [1.29, 1.82) is 0 Å². The van der Waals surface area contributed by atoms with Gasteiger partial charge in [-0.2, -0.15) is 0 Å². The minimum absolute atomic E-state index is 0.0321. The van der Waals surface area contributed by atoms with Gasteiger partial charge < -0.3 is 25.5 Å². The third kappa shape index (κ3) is 14.1. The number of carbonyl (C=O) groups excluding carboxylic acids is 2. The number of aromatic nitrogens is 1. The first-order chi connectivity index (χ1) is 18.9. The van der Waals surface area contributed by atoms with Gasteiger partial charge in [-0.3, -0.25) is 18.2 Å². The summed E-state index contributed by atoms with van der Waals surface area (Å²) in [6, 6.07) is 9.77. The molecule has 2 amide bonds. The van der Waals surface area contributed by atoms with Crippen molar-refractivity contribution in [2.75, 3.05) is 11.9 Å². The molecule has 3 rings (SSSR count). The summed E-state index contributed by atoms with van der Waals surface area (Å²) in [5.74, 6) is -0.0321. The van der Waals surface area contributed by atoms with E-state index in [1.54, 1.807) is 0 Å². The molecule has 1 aromatic carbocycles. The van der Waals surface area contributed by atoms with E-state index in [-0.39, 0.29) is 12.4 Å². The molecule has 215 valence electrons. The fourth-order valence-corrected chi connectivity index (χ4v) is 3.59. The van der Waals surface area contributed by atoms with Crippen LogP contribution in [0.15, 0.2) is 48.2 Å². The van der Waals surface area contributed by atoms with Gasteiger partial charge in [-0.1, -0.05) is 12.1 Å². The van der Waals surface area contributed by atoms with Gasteiger partial charge in [0.2, 0.25) is 11.6 Å². The maximum Gasteiger partial charge on any atom is 0.577 e. The van der Waals surface area contributed by atoms with Crippen molar-refractivity contribution < 1.29 is 37.9 Å². The number of nitrogens with one attached hydrogen (secondary N) is 4. The van der Waals surface area contributed by atoms with Crippen molar-refractivity contribution >= 4 is 43.8 Å². The van der Waals surface area contributed by atoms with E-state index >= 15 is 0 Å². The number of ether oxygens (including phenoxy) is 1. The molecule has 5 N–H and O–H groups in total. The Hall–Kier alpha value is -4.22. The number of anilines is 1. The Labute approximate surface area is 234 Å². The second kappa shape index (κ2) is 17.4. The van der Waals surface area contributed by atoms with Crippen LogP contribution in [0, 0.1) is 13.8 Å². The molecule has 1 aliphatic rings. The van der Waals surface area contributed by atoms with Crippen molar-refractivity contribution in [2.45, 2.75) is 59.5 Å². The van der Waals surface area contributed by atoms with Crippen LogP contribution in [0.5, 0.6) is 0 Å². The lowest BCUT2D eigenvalue weighted by molar-refractivity contribution is -0.385. The lowest BCUT2D eigenvalue weighted by Crippen LogP contribution is -2.67. The van der Waals surface area contributed by atoms with E-state index in [2.05, 4.69) is 39.7 Å². The van der Waals surface area contributed by atoms with Crippen molar-refractivity contribution in [3.8, 4) is 0 Å². The Bertz CT molecular complexity index is 1200. The Kier molecular flexibility index (Phi) is 14.7. The number of carbonyl (C=O) groups is 3. The van der Waals surface area contributed by atoms with Crippen LogP contribution in [-0.4, -0.2) is 54.3 Å². The highest BCUT2D eigenvalue weighted by Gasteiger charge is 2.16. The van der Waals surface area contributed by atoms with Crippen molar-refractivity contribution in [3.05, 3.63) is 70.7 Å². The Morgan fingerprint density at radius 3 is 2.30 bits per heavy atom. The van der Waals surface area contributed by atoms with E-state index in [0.29, 0.717) is 25.8 Å². The largest absolute Gasteiger partial charge is 0.577 e. The highest BCUT2D eigenvalue weighted by molar-refractivity contribution is 6.15. The molecule has 1 aliphatic heterocycles. The average molecular weight is 558 g/mol. The molecule has 40 heavy (non-hydrogen) atoms. The van der Waals surface area contributed by atoms with Gasteiger partial charge in [-0.15, -0.1) is 0 Å². The van der Waals surface area contributed by atoms with E-state index in [4.69, 9.17) is 14.6 Å². The number of hydrogen-bond donors (Lipinski definition) is 5. The second-order valence-corrected chi connectivity index (χ2v) is 9.74. The van der Waals surface area contributed by atoms with Crippen molar-refractivity contribution in [3.63, 3.8) is 0 Å². The Morgan fingerprint density at radius 1 is 1.12 bits per heavy atom. The molecule has 2 aromatic rings. The maximum atomic E-state index is 12.4. The van der Waals surface area contributed by atoms with Crippen LogP contribution in [0.3, 0.4) is 0 Å². The minimum atomic E-state index is -1.00. The number of allylic oxidation sites excluding steroid dienone is 2. The van der Waals surface area contributed by atoms with Crippen LogP contribution in [0.4, 0.5) is 19.1 Å². The fraction of sp³-hybridized carbons (Fsp3) is 0.357. The number of hydrogen-bond acceptors (Lipinski definition) is 4. The van der Waals surface area contributed by atoms with Gasteiger partial charge in [0.15, 0.2) is 5.71 Å². The molecule has 2 heterocycles. The predicted octanol–water partition coefficient (Wildman–Crippen LogP) is 3.71. The molecule has 0 fully saturated rings. The minimum Gasteiger partial charge on any atom is -0.483 e. The maximum absolute atomic E-state index is 12.4. The first-order valence-electron chi connectivity index (χ1n) is 12.5. The molecule has 1 radical (unpaired) electrons. The van der Waals surface area contributed by atoms with Crippen LogP contribution in [0.25, 0.3) is 6.08 Å². The summed E-state index contributed by atoms with van der Waals surface area (Å²) in [6.07, 6.45) is 7.42. The van der Waals surface area contributed by atoms with E-state index in [0.717, 1.165) is 34.0 Å². The smallest absolute Gasteiger partial charge is 0.483 e. The topological polar surface area (TPSA) is 134 Å². The lowest BCUT2D eigenvalue weighted by Gasteiger charge is -2.19. The van der Waals surface area contributed by atoms with Crippen LogP contribution in [-0.2, 0) is 20.7 Å². The molecule has 0 spiro atoms. The number of aryl methyl sites for hydroxylation is 2. The number of alkyl carbamates (subject to hydrolysis) is 1. The van der Waals surface area contributed by atoms with Crippen LogP contribution in [0.2, 0.25) is 0 Å². The fourth-order valence-electron chi connectivity index (χ4n) is 3.59. The Balaban J connectivity index is 0.00000122. The molecular weight excluding hydrogens is 521 g/mol. The molecule has 1 aromatic heterocycles. The monoisotopic (exact) mass is 558 g/mol. The van der Waals surface area contributed by atoms with Gasteiger partial charge in [-0.05, 0) is 70.4 Å². The normalized spacial score (nSPS) is 12.8. The summed E-state index contributed by atoms with van der Waals surface area (Å²) in [7, 11) is -1.00. The number of amides is 2. The average Bonchev–Trinajstić information content (AvgIpc) is 3.44. The van der Waals surface area contributed by atoms with Crippen LogP contribution >= 0.6 is 0 Å². The number of halogens is 2. The molecule has 0 saturated heterocycles. The highest BCUT2D eigenvalue weighted by atomic mass is 19.2. The molecule has 0 unspecified atom stereocenters. The van der Waals surface area contributed by atoms with Crippen molar-refractivity contribution in [1.82, 2.24) is 10.3 Å². The molecule has 0 saturated carbocycles. The second-order valence-electron chi connectivity index (χ2n) is 9.74. The van der Waals surface area contributed by atoms with E-state index < -0.39 is 19.5 Å². The standard InChI is InChI=1S/C27H34N4O3.CH2O2.BF2/c1-18-16-19(2)29-24(18)17-23-11-10-21(30-23)12-13-25(32)31-22-8-6-20(7-9-22)14-15-28-26(33)34-27(3,4)5;2*2-1-3/h6-11,16-17,29H,12-15H2,1-5H3,(H,28,33)(H,31,32);1H,(H,2,3);/p+1/b23-17-;;. The first-order valence-corrected chi connectivity index (χ1v) is 12.5. The molecule has 0 atom stereocenters. The molecular formula is C28H37BF2N4O5+. The number of aromatic amines is 1. The van der Waals surface area contributed by atoms with Gasteiger partial charge in [0, 0.05) is 54.7 Å². The zero-order chi connectivity index (χ0) is 30.1. The Morgan fingerprint density at radius 2 is 1.75 bits per heavy atom. The summed E-state index contributed by atoms with van der Waals surface area (Å²) in [5.41, 5.74) is 6.78. The number of rotatable bonds is 8. The SMILES string of the molecule is Cc1cc(C)c(/C=C2/C=CC(CCC(=O)Nc3ccc(CCNC(=O)OC(C)(C)C)cc3)=[NH+]2)[nH]1.F[B]F.O=CO. The number of carboxylic acid groups (broad SMARTS) is 1. The van der Waals surface area contributed by atoms with Crippen LogP contribution < -0.4 is 15.6 Å². The third-order valence-electron chi connectivity index (χ3n) is 5.20. The predicted molar refractivity (Wildman–Crippen MR) is 152 cm³/mol. The summed E-state index contributed by atoms with van der Waals surface area (Å²) in [6.45, 7) is 9.86. The first kappa shape index (κ1) is 33.8. The highest BCUT2D eigenvalue weighted by Crippen LogP contribution is 2.13. The molecule has 9 nitrogen and oxygen atoms in total. The van der Waals surface area contributed by atoms with E-state index in [1.165, 1.54) is 5.56 Å². The summed E-state index contributed by atoms with van der Waals surface area (Å²) in [4.78, 5) is 39.2.